The predicted octanol–water partition coefficient (Wildman–Crippen LogP) is 2.67. The number of rotatable bonds is 4. The Bertz CT molecular complexity index is 402. The van der Waals surface area contributed by atoms with E-state index in [1.165, 1.54) is 12.8 Å². The second-order valence-electron chi connectivity index (χ2n) is 5.76. The van der Waals surface area contributed by atoms with E-state index in [0.29, 0.717) is 12.5 Å². The van der Waals surface area contributed by atoms with Crippen molar-refractivity contribution >= 4 is 18.3 Å². The summed E-state index contributed by atoms with van der Waals surface area (Å²) >= 11 is 0. The molecular formula is C16H25ClN2O. The van der Waals surface area contributed by atoms with Crippen LogP contribution in [-0.2, 0) is 11.2 Å². The molecule has 3 nitrogen and oxygen atoms in total. The Hall–Kier alpha value is -1.06. The minimum atomic E-state index is -0.443. The SMILES string of the molecule is CC1CCC(NC(=O)[C@@H](N)Cc2ccccc2)CC1.Cl. The quantitative estimate of drug-likeness (QED) is 0.897. The number of carbonyl (C=O) groups is 1. The zero-order chi connectivity index (χ0) is 13.7. The molecule has 4 heteroatoms. The fourth-order valence-corrected chi connectivity index (χ4v) is 2.67. The van der Waals surface area contributed by atoms with Crippen LogP contribution in [0.1, 0.15) is 38.2 Å². The van der Waals surface area contributed by atoms with Crippen molar-refractivity contribution in [3.8, 4) is 0 Å². The van der Waals surface area contributed by atoms with Crippen LogP contribution in [-0.4, -0.2) is 18.0 Å². The fraction of sp³-hybridized carbons (Fsp3) is 0.562. The molecule has 2 rings (SSSR count). The van der Waals surface area contributed by atoms with Crippen LogP contribution in [0, 0.1) is 5.92 Å². The maximum atomic E-state index is 12.1. The maximum absolute atomic E-state index is 12.1. The lowest BCUT2D eigenvalue weighted by atomic mass is 9.87. The van der Waals surface area contributed by atoms with Gasteiger partial charge in [-0.05, 0) is 43.6 Å². The molecule has 1 aromatic carbocycles. The monoisotopic (exact) mass is 296 g/mol. The van der Waals surface area contributed by atoms with E-state index >= 15 is 0 Å². The highest BCUT2D eigenvalue weighted by atomic mass is 35.5. The molecule has 1 saturated carbocycles. The van der Waals surface area contributed by atoms with Gasteiger partial charge in [-0.2, -0.15) is 0 Å². The van der Waals surface area contributed by atoms with Gasteiger partial charge in [-0.1, -0.05) is 37.3 Å². The summed E-state index contributed by atoms with van der Waals surface area (Å²) in [7, 11) is 0. The highest BCUT2D eigenvalue weighted by Gasteiger charge is 2.22. The average Bonchev–Trinajstić information content (AvgIpc) is 2.42. The van der Waals surface area contributed by atoms with Gasteiger partial charge in [0.25, 0.3) is 0 Å². The lowest BCUT2D eigenvalue weighted by Crippen LogP contribution is -2.47. The normalized spacial score (nSPS) is 23.5. The Labute approximate surface area is 127 Å². The summed E-state index contributed by atoms with van der Waals surface area (Å²) in [5.41, 5.74) is 7.10. The van der Waals surface area contributed by atoms with Crippen LogP contribution in [0.5, 0.6) is 0 Å². The third-order valence-electron chi connectivity index (χ3n) is 4.00. The molecular weight excluding hydrogens is 272 g/mol. The summed E-state index contributed by atoms with van der Waals surface area (Å²) in [5, 5.41) is 3.10. The number of nitrogens with one attached hydrogen (secondary N) is 1. The highest BCUT2D eigenvalue weighted by Crippen LogP contribution is 2.23. The van der Waals surface area contributed by atoms with Crippen molar-refractivity contribution in [2.24, 2.45) is 11.7 Å². The summed E-state index contributed by atoms with van der Waals surface area (Å²) in [5.74, 6) is 0.787. The van der Waals surface area contributed by atoms with E-state index in [2.05, 4.69) is 12.2 Å². The summed E-state index contributed by atoms with van der Waals surface area (Å²) < 4.78 is 0. The Morgan fingerprint density at radius 2 is 1.85 bits per heavy atom. The molecule has 1 aliphatic carbocycles. The number of halogens is 1. The van der Waals surface area contributed by atoms with Gasteiger partial charge in [-0.15, -0.1) is 12.4 Å². The van der Waals surface area contributed by atoms with Crippen LogP contribution in [0.15, 0.2) is 30.3 Å². The molecule has 0 spiro atoms. The number of hydrogen-bond acceptors (Lipinski definition) is 2. The molecule has 0 aliphatic heterocycles. The molecule has 0 radical (unpaired) electrons. The second kappa shape index (κ2) is 8.28. The zero-order valence-electron chi connectivity index (χ0n) is 12.0. The van der Waals surface area contributed by atoms with E-state index in [9.17, 15) is 4.79 Å². The average molecular weight is 297 g/mol. The van der Waals surface area contributed by atoms with Crippen LogP contribution < -0.4 is 11.1 Å². The van der Waals surface area contributed by atoms with Gasteiger partial charge >= 0.3 is 0 Å². The van der Waals surface area contributed by atoms with Crippen molar-refractivity contribution in [2.75, 3.05) is 0 Å². The number of carbonyl (C=O) groups excluding carboxylic acids is 1. The van der Waals surface area contributed by atoms with Gasteiger partial charge in [0.2, 0.25) is 5.91 Å². The van der Waals surface area contributed by atoms with E-state index in [1.807, 2.05) is 30.3 Å². The molecule has 1 atom stereocenters. The Balaban J connectivity index is 0.00000200. The highest BCUT2D eigenvalue weighted by molar-refractivity contribution is 5.85. The molecule has 0 saturated heterocycles. The summed E-state index contributed by atoms with van der Waals surface area (Å²) in [4.78, 5) is 12.1. The molecule has 0 heterocycles. The van der Waals surface area contributed by atoms with Crippen LogP contribution in [0.2, 0.25) is 0 Å². The molecule has 1 amide bonds. The van der Waals surface area contributed by atoms with Crippen LogP contribution in [0.3, 0.4) is 0 Å². The molecule has 1 aliphatic rings. The molecule has 3 N–H and O–H groups in total. The topological polar surface area (TPSA) is 55.1 Å². The van der Waals surface area contributed by atoms with Gasteiger partial charge in [0.15, 0.2) is 0 Å². The third-order valence-corrected chi connectivity index (χ3v) is 4.00. The molecule has 0 unspecified atom stereocenters. The number of hydrogen-bond donors (Lipinski definition) is 2. The van der Waals surface area contributed by atoms with Crippen molar-refractivity contribution < 1.29 is 4.79 Å². The molecule has 1 fully saturated rings. The van der Waals surface area contributed by atoms with Gasteiger partial charge in [0, 0.05) is 6.04 Å². The minimum absolute atomic E-state index is 0. The Morgan fingerprint density at radius 3 is 2.45 bits per heavy atom. The van der Waals surface area contributed by atoms with Crippen molar-refractivity contribution in [3.63, 3.8) is 0 Å². The molecule has 112 valence electrons. The van der Waals surface area contributed by atoms with Gasteiger partial charge in [-0.25, -0.2) is 0 Å². The van der Waals surface area contributed by atoms with E-state index < -0.39 is 6.04 Å². The largest absolute Gasteiger partial charge is 0.352 e. The molecule has 1 aromatic rings. The fourth-order valence-electron chi connectivity index (χ4n) is 2.67. The predicted molar refractivity (Wildman–Crippen MR) is 84.9 cm³/mol. The van der Waals surface area contributed by atoms with Gasteiger partial charge in [0.05, 0.1) is 6.04 Å². The van der Waals surface area contributed by atoms with E-state index in [1.54, 1.807) is 0 Å². The number of amides is 1. The van der Waals surface area contributed by atoms with Crippen LogP contribution >= 0.6 is 12.4 Å². The zero-order valence-corrected chi connectivity index (χ0v) is 12.9. The summed E-state index contributed by atoms with van der Waals surface area (Å²) in [6, 6.07) is 9.82. The van der Waals surface area contributed by atoms with Crippen LogP contribution in [0.4, 0.5) is 0 Å². The Kier molecular flexibility index (Phi) is 7.03. The number of benzene rings is 1. The Morgan fingerprint density at radius 1 is 1.25 bits per heavy atom. The first-order valence-electron chi connectivity index (χ1n) is 7.25. The minimum Gasteiger partial charge on any atom is -0.352 e. The maximum Gasteiger partial charge on any atom is 0.237 e. The first kappa shape index (κ1) is 17.0. The van der Waals surface area contributed by atoms with Crippen molar-refractivity contribution in [3.05, 3.63) is 35.9 Å². The smallest absolute Gasteiger partial charge is 0.237 e. The van der Waals surface area contributed by atoms with Gasteiger partial charge in [0.1, 0.15) is 0 Å². The van der Waals surface area contributed by atoms with E-state index in [-0.39, 0.29) is 18.3 Å². The number of nitrogens with two attached hydrogens (primary N) is 1. The van der Waals surface area contributed by atoms with Crippen LogP contribution in [0.25, 0.3) is 0 Å². The van der Waals surface area contributed by atoms with E-state index in [0.717, 1.165) is 24.3 Å². The molecule has 0 bridgehead atoms. The van der Waals surface area contributed by atoms with Gasteiger partial charge < -0.3 is 11.1 Å². The van der Waals surface area contributed by atoms with Crippen molar-refractivity contribution in [1.82, 2.24) is 5.32 Å². The van der Waals surface area contributed by atoms with Crippen molar-refractivity contribution in [1.29, 1.82) is 0 Å². The second-order valence-corrected chi connectivity index (χ2v) is 5.76. The standard InChI is InChI=1S/C16H24N2O.ClH/c1-12-7-9-14(10-8-12)18-16(19)15(17)11-13-5-3-2-4-6-13;/h2-6,12,14-15H,7-11,17H2,1H3,(H,18,19);1H/t12?,14?,15-;/m0./s1. The molecule has 0 aromatic heterocycles. The third kappa shape index (κ3) is 5.14. The molecule has 20 heavy (non-hydrogen) atoms. The lowest BCUT2D eigenvalue weighted by Gasteiger charge is -2.27. The lowest BCUT2D eigenvalue weighted by molar-refractivity contribution is -0.123. The van der Waals surface area contributed by atoms with Crippen molar-refractivity contribution in [2.45, 2.75) is 51.1 Å². The summed E-state index contributed by atoms with van der Waals surface area (Å²) in [6.07, 6.45) is 5.20. The summed E-state index contributed by atoms with van der Waals surface area (Å²) in [6.45, 7) is 2.28. The first-order valence-corrected chi connectivity index (χ1v) is 7.25. The first-order chi connectivity index (χ1) is 9.15. The van der Waals surface area contributed by atoms with E-state index in [4.69, 9.17) is 5.73 Å². The van der Waals surface area contributed by atoms with Gasteiger partial charge in [-0.3, -0.25) is 4.79 Å².